The molecule has 0 bridgehead atoms. The summed E-state index contributed by atoms with van der Waals surface area (Å²) in [6.45, 7) is 3.53. The van der Waals surface area contributed by atoms with Gasteiger partial charge in [0.1, 0.15) is 13.2 Å². The van der Waals surface area contributed by atoms with Gasteiger partial charge in [-0.25, -0.2) is 0 Å². The van der Waals surface area contributed by atoms with Gasteiger partial charge >= 0.3 is 0 Å². The highest BCUT2D eigenvalue weighted by atomic mass is 16.6. The lowest BCUT2D eigenvalue weighted by Crippen LogP contribution is -2.22. The Hall–Kier alpha value is -2.18. The molecule has 6 nitrogen and oxygen atoms in total. The van der Waals surface area contributed by atoms with Gasteiger partial charge in [-0.05, 0) is 24.1 Å². The fourth-order valence-electron chi connectivity index (χ4n) is 3.42. The highest BCUT2D eigenvalue weighted by Crippen LogP contribution is 2.32. The number of ether oxygens (including phenoxy) is 2. The number of hydrogen-bond donors (Lipinski definition) is 1. The Morgan fingerprint density at radius 2 is 2.00 bits per heavy atom. The fraction of sp³-hybridized carbons (Fsp3) is 0.444. The molecule has 1 aromatic heterocycles. The topological polar surface area (TPSA) is 67.7 Å². The molecule has 0 radical (unpaired) electrons. The summed E-state index contributed by atoms with van der Waals surface area (Å²) in [5.41, 5.74) is 2.11. The molecule has 2 atom stereocenters. The van der Waals surface area contributed by atoms with Crippen molar-refractivity contribution in [1.29, 1.82) is 0 Å². The lowest BCUT2D eigenvalue weighted by Gasteiger charge is -2.20. The summed E-state index contributed by atoms with van der Waals surface area (Å²) in [5.74, 6) is 1.82. The third-order valence-electron chi connectivity index (χ3n) is 4.58. The minimum Gasteiger partial charge on any atom is -0.486 e. The molecule has 6 heteroatoms. The fourth-order valence-corrected chi connectivity index (χ4v) is 3.42. The summed E-state index contributed by atoms with van der Waals surface area (Å²) < 4.78 is 11.2. The van der Waals surface area contributed by atoms with E-state index in [0.29, 0.717) is 19.8 Å². The molecular formula is C18H21N3O3. The number of aliphatic hydroxyl groups is 1. The van der Waals surface area contributed by atoms with Crippen molar-refractivity contribution in [2.24, 2.45) is 5.92 Å². The molecule has 2 aliphatic rings. The maximum Gasteiger partial charge on any atom is 0.161 e. The quantitative estimate of drug-likeness (QED) is 0.912. The summed E-state index contributed by atoms with van der Waals surface area (Å²) in [7, 11) is 0. The second kappa shape index (κ2) is 6.75. The van der Waals surface area contributed by atoms with Gasteiger partial charge in [-0.1, -0.05) is 6.07 Å². The molecule has 0 amide bonds. The Balaban J connectivity index is 1.39. The number of nitrogens with zero attached hydrogens (tertiary/aromatic N) is 3. The Kier molecular flexibility index (Phi) is 4.32. The van der Waals surface area contributed by atoms with Crippen molar-refractivity contribution in [3.8, 4) is 11.5 Å². The van der Waals surface area contributed by atoms with Crippen LogP contribution in [0.4, 0.5) is 0 Å². The minimum atomic E-state index is -0.329. The van der Waals surface area contributed by atoms with E-state index in [2.05, 4.69) is 20.9 Å². The number of likely N-dealkylation sites (tertiary alicyclic amines) is 1. The summed E-state index contributed by atoms with van der Waals surface area (Å²) >= 11 is 0. The van der Waals surface area contributed by atoms with Gasteiger partial charge in [0.05, 0.1) is 11.8 Å². The predicted octanol–water partition coefficient (Wildman–Crippen LogP) is 1.28. The smallest absolute Gasteiger partial charge is 0.161 e. The minimum absolute atomic E-state index is 0.193. The van der Waals surface area contributed by atoms with Crippen LogP contribution < -0.4 is 9.47 Å². The average molecular weight is 327 g/mol. The van der Waals surface area contributed by atoms with E-state index in [4.69, 9.17) is 9.47 Å². The van der Waals surface area contributed by atoms with E-state index in [9.17, 15) is 5.11 Å². The van der Waals surface area contributed by atoms with E-state index in [1.807, 2.05) is 12.1 Å². The second-order valence-corrected chi connectivity index (χ2v) is 6.40. The number of fused-ring (bicyclic) bond motifs is 1. The number of hydrogen-bond acceptors (Lipinski definition) is 6. The predicted molar refractivity (Wildman–Crippen MR) is 87.9 cm³/mol. The molecule has 3 heterocycles. The summed E-state index contributed by atoms with van der Waals surface area (Å²) in [6, 6.07) is 6.07. The Labute approximate surface area is 141 Å². The molecule has 4 rings (SSSR count). The third-order valence-corrected chi connectivity index (χ3v) is 4.58. The summed E-state index contributed by atoms with van der Waals surface area (Å²) in [6.07, 6.45) is 5.57. The maximum absolute atomic E-state index is 10.4. The Morgan fingerprint density at radius 3 is 2.83 bits per heavy atom. The molecule has 0 saturated carbocycles. The van der Waals surface area contributed by atoms with E-state index in [1.165, 1.54) is 5.56 Å². The van der Waals surface area contributed by atoms with Gasteiger partial charge in [0.2, 0.25) is 0 Å². The van der Waals surface area contributed by atoms with E-state index in [1.54, 1.807) is 18.6 Å². The van der Waals surface area contributed by atoms with Crippen molar-refractivity contribution in [1.82, 2.24) is 14.9 Å². The first-order valence-corrected chi connectivity index (χ1v) is 8.32. The van der Waals surface area contributed by atoms with Crippen LogP contribution in [0, 0.1) is 5.92 Å². The third kappa shape index (κ3) is 3.34. The summed E-state index contributed by atoms with van der Waals surface area (Å²) in [5, 5.41) is 10.4. The van der Waals surface area contributed by atoms with Crippen LogP contribution in [0.1, 0.15) is 11.3 Å². The average Bonchev–Trinajstić information content (AvgIpc) is 2.95. The van der Waals surface area contributed by atoms with Crippen LogP contribution in [0.5, 0.6) is 11.5 Å². The monoisotopic (exact) mass is 327 g/mol. The number of benzene rings is 1. The van der Waals surface area contributed by atoms with Crippen LogP contribution in [0.3, 0.4) is 0 Å². The molecule has 1 saturated heterocycles. The largest absolute Gasteiger partial charge is 0.486 e. The van der Waals surface area contributed by atoms with Crippen molar-refractivity contribution in [2.75, 3.05) is 26.3 Å². The van der Waals surface area contributed by atoms with Crippen LogP contribution in [0.15, 0.2) is 36.8 Å². The Morgan fingerprint density at radius 1 is 1.12 bits per heavy atom. The van der Waals surface area contributed by atoms with Gasteiger partial charge in [0.25, 0.3) is 0 Å². The standard InChI is InChI=1S/C18H21N3O3/c22-16-12-21(11-14(16)8-15-9-19-3-4-20-15)10-13-1-2-17-18(7-13)24-6-5-23-17/h1-4,7,9,14,16,22H,5-6,8,10-12H2. The van der Waals surface area contributed by atoms with E-state index in [-0.39, 0.29) is 12.0 Å². The Bertz CT molecular complexity index is 695. The summed E-state index contributed by atoms with van der Waals surface area (Å²) in [4.78, 5) is 10.7. The van der Waals surface area contributed by atoms with Crippen molar-refractivity contribution < 1.29 is 14.6 Å². The van der Waals surface area contributed by atoms with Gasteiger partial charge in [-0.3, -0.25) is 14.9 Å². The number of β-amino-alcohol motifs (C(OH)–C–C–N with tert-alkyl or cyclic N) is 1. The molecular weight excluding hydrogens is 306 g/mol. The molecule has 1 aromatic carbocycles. The van der Waals surface area contributed by atoms with Crippen LogP contribution in [0.2, 0.25) is 0 Å². The van der Waals surface area contributed by atoms with Crippen LogP contribution in [-0.2, 0) is 13.0 Å². The number of aromatic nitrogens is 2. The van der Waals surface area contributed by atoms with Gasteiger partial charge in [0, 0.05) is 44.1 Å². The molecule has 0 aliphatic carbocycles. The van der Waals surface area contributed by atoms with Crippen molar-refractivity contribution in [3.05, 3.63) is 48.0 Å². The molecule has 1 fully saturated rings. The first-order chi connectivity index (χ1) is 11.8. The van der Waals surface area contributed by atoms with Crippen molar-refractivity contribution in [3.63, 3.8) is 0 Å². The van der Waals surface area contributed by atoms with Gasteiger partial charge in [-0.15, -0.1) is 0 Å². The maximum atomic E-state index is 10.4. The zero-order valence-corrected chi connectivity index (χ0v) is 13.5. The molecule has 2 aliphatic heterocycles. The normalized spacial score (nSPS) is 23.4. The highest BCUT2D eigenvalue weighted by Gasteiger charge is 2.31. The van der Waals surface area contributed by atoms with Crippen LogP contribution >= 0.6 is 0 Å². The number of aliphatic hydroxyl groups excluding tert-OH is 1. The first-order valence-electron chi connectivity index (χ1n) is 8.32. The molecule has 0 spiro atoms. The van der Waals surface area contributed by atoms with Crippen LogP contribution in [0.25, 0.3) is 0 Å². The number of rotatable bonds is 4. The van der Waals surface area contributed by atoms with E-state index >= 15 is 0 Å². The first kappa shape index (κ1) is 15.4. The van der Waals surface area contributed by atoms with Gasteiger partial charge < -0.3 is 14.6 Å². The SMILES string of the molecule is OC1CN(Cc2ccc3c(c2)OCCO3)CC1Cc1cnccn1. The zero-order valence-electron chi connectivity index (χ0n) is 13.5. The van der Waals surface area contributed by atoms with Gasteiger partial charge in [0.15, 0.2) is 11.5 Å². The molecule has 1 N–H and O–H groups in total. The lowest BCUT2D eigenvalue weighted by molar-refractivity contribution is 0.140. The molecule has 2 unspecified atom stereocenters. The van der Waals surface area contributed by atoms with Crippen LogP contribution in [-0.4, -0.2) is 52.4 Å². The molecule has 24 heavy (non-hydrogen) atoms. The molecule has 2 aromatic rings. The van der Waals surface area contributed by atoms with E-state index < -0.39 is 0 Å². The lowest BCUT2D eigenvalue weighted by atomic mass is 10.0. The van der Waals surface area contributed by atoms with Crippen molar-refractivity contribution in [2.45, 2.75) is 19.1 Å². The zero-order chi connectivity index (χ0) is 16.4. The van der Waals surface area contributed by atoms with Gasteiger partial charge in [-0.2, -0.15) is 0 Å². The van der Waals surface area contributed by atoms with E-state index in [0.717, 1.165) is 36.7 Å². The highest BCUT2D eigenvalue weighted by molar-refractivity contribution is 5.43. The van der Waals surface area contributed by atoms with Crippen molar-refractivity contribution >= 4 is 0 Å². The second-order valence-electron chi connectivity index (χ2n) is 6.40. The molecule has 126 valence electrons.